The summed E-state index contributed by atoms with van der Waals surface area (Å²) in [6.07, 6.45) is 2.33. The van der Waals surface area contributed by atoms with E-state index in [1.807, 2.05) is 13.8 Å². The van der Waals surface area contributed by atoms with Crippen LogP contribution in [-0.2, 0) is 19.4 Å². The van der Waals surface area contributed by atoms with Crippen LogP contribution >= 0.6 is 0 Å². The Morgan fingerprint density at radius 1 is 1.25 bits per heavy atom. The Hall–Kier alpha value is -2.17. The molecule has 0 radical (unpaired) electrons. The molecule has 0 amide bonds. The second-order valence-electron chi connectivity index (χ2n) is 4.90. The maximum Gasteiger partial charge on any atom is 0.358 e. The van der Waals surface area contributed by atoms with E-state index in [0.29, 0.717) is 18.7 Å². The molecule has 0 unspecified atom stereocenters. The summed E-state index contributed by atoms with van der Waals surface area (Å²) in [5.41, 5.74) is 3.19. The van der Waals surface area contributed by atoms with E-state index >= 15 is 0 Å². The quantitative estimate of drug-likeness (QED) is 0.878. The Labute approximate surface area is 118 Å². The molecule has 0 saturated carbocycles. The molecule has 5 heteroatoms. The van der Waals surface area contributed by atoms with Crippen LogP contribution in [0.3, 0.4) is 0 Å². The minimum atomic E-state index is -1.01. The lowest BCUT2D eigenvalue weighted by Crippen LogP contribution is -2.09. The van der Waals surface area contributed by atoms with Gasteiger partial charge in [0, 0.05) is 6.54 Å². The number of aromatic nitrogens is 3. The fourth-order valence-electron chi connectivity index (χ4n) is 2.16. The molecule has 2 aromatic rings. The van der Waals surface area contributed by atoms with Crippen molar-refractivity contribution in [2.45, 2.75) is 39.7 Å². The van der Waals surface area contributed by atoms with E-state index in [-0.39, 0.29) is 5.69 Å². The molecule has 1 heterocycles. The van der Waals surface area contributed by atoms with Crippen molar-refractivity contribution in [3.05, 3.63) is 46.8 Å². The molecule has 1 N–H and O–H groups in total. The summed E-state index contributed by atoms with van der Waals surface area (Å²) in [7, 11) is 0. The lowest BCUT2D eigenvalue weighted by molar-refractivity contribution is 0.0689. The average Bonchev–Trinajstić information content (AvgIpc) is 2.82. The molecule has 1 aromatic heterocycles. The summed E-state index contributed by atoms with van der Waals surface area (Å²) in [5, 5.41) is 16.9. The van der Waals surface area contributed by atoms with Crippen LogP contribution < -0.4 is 0 Å². The number of rotatable bonds is 6. The van der Waals surface area contributed by atoms with Gasteiger partial charge in [0.25, 0.3) is 0 Å². The third-order valence-corrected chi connectivity index (χ3v) is 3.25. The Morgan fingerprint density at radius 3 is 2.55 bits per heavy atom. The van der Waals surface area contributed by atoms with Crippen molar-refractivity contribution in [2.24, 2.45) is 0 Å². The number of aromatic carboxylic acids is 1. The van der Waals surface area contributed by atoms with E-state index in [1.165, 1.54) is 11.1 Å². The predicted octanol–water partition coefficient (Wildman–Crippen LogP) is 2.48. The van der Waals surface area contributed by atoms with Crippen molar-refractivity contribution in [2.75, 3.05) is 0 Å². The van der Waals surface area contributed by atoms with E-state index in [1.54, 1.807) is 4.68 Å². The largest absolute Gasteiger partial charge is 0.476 e. The van der Waals surface area contributed by atoms with E-state index in [0.717, 1.165) is 12.8 Å². The molecule has 2 rings (SSSR count). The molecule has 0 fully saturated rings. The Bertz CT molecular complexity index is 588. The fraction of sp³-hybridized carbons (Fsp3) is 0.400. The number of benzene rings is 1. The van der Waals surface area contributed by atoms with Crippen molar-refractivity contribution in [3.63, 3.8) is 0 Å². The Kier molecular flexibility index (Phi) is 4.50. The van der Waals surface area contributed by atoms with Crippen molar-refractivity contribution >= 4 is 5.97 Å². The second-order valence-corrected chi connectivity index (χ2v) is 4.90. The zero-order chi connectivity index (χ0) is 14.5. The van der Waals surface area contributed by atoms with E-state index < -0.39 is 5.97 Å². The first kappa shape index (κ1) is 14.2. The molecule has 0 saturated heterocycles. The number of carbonyl (C=O) groups is 1. The summed E-state index contributed by atoms with van der Waals surface area (Å²) >= 11 is 0. The fourth-order valence-corrected chi connectivity index (χ4v) is 2.16. The van der Waals surface area contributed by atoms with Gasteiger partial charge in [0.1, 0.15) is 0 Å². The first-order chi connectivity index (χ1) is 9.61. The number of carboxylic acid groups (broad SMARTS) is 1. The third-order valence-electron chi connectivity index (χ3n) is 3.25. The molecular weight excluding hydrogens is 254 g/mol. The number of hydrogen-bond acceptors (Lipinski definition) is 3. The minimum absolute atomic E-state index is 0.0746. The molecule has 0 aliphatic carbocycles. The van der Waals surface area contributed by atoms with Gasteiger partial charge >= 0.3 is 5.97 Å². The first-order valence-corrected chi connectivity index (χ1v) is 6.83. The second kappa shape index (κ2) is 6.32. The van der Waals surface area contributed by atoms with Crippen LogP contribution in [0.15, 0.2) is 24.3 Å². The van der Waals surface area contributed by atoms with Crippen molar-refractivity contribution in [1.29, 1.82) is 0 Å². The van der Waals surface area contributed by atoms with Crippen LogP contribution in [0.2, 0.25) is 0 Å². The van der Waals surface area contributed by atoms with Gasteiger partial charge in [0.15, 0.2) is 5.69 Å². The number of carboxylic acids is 1. The lowest BCUT2D eigenvalue weighted by Gasteiger charge is -2.06. The van der Waals surface area contributed by atoms with Crippen LogP contribution in [0.1, 0.15) is 40.7 Å². The molecule has 20 heavy (non-hydrogen) atoms. The summed E-state index contributed by atoms with van der Waals surface area (Å²) in [6.45, 7) is 4.78. The summed E-state index contributed by atoms with van der Waals surface area (Å²) in [4.78, 5) is 11.2. The number of aryl methyl sites for hydroxylation is 3. The normalized spacial score (nSPS) is 10.7. The van der Waals surface area contributed by atoms with Gasteiger partial charge in [-0.1, -0.05) is 42.0 Å². The Morgan fingerprint density at radius 2 is 1.95 bits per heavy atom. The summed E-state index contributed by atoms with van der Waals surface area (Å²) in [5.74, 6) is -1.01. The highest BCUT2D eigenvalue weighted by Crippen LogP contribution is 2.12. The highest BCUT2D eigenvalue weighted by molar-refractivity contribution is 5.86. The van der Waals surface area contributed by atoms with Gasteiger partial charge in [-0.05, 0) is 31.7 Å². The third kappa shape index (κ3) is 3.23. The van der Waals surface area contributed by atoms with Gasteiger partial charge in [-0.2, -0.15) is 0 Å². The zero-order valence-corrected chi connectivity index (χ0v) is 11.8. The van der Waals surface area contributed by atoms with Gasteiger partial charge in [-0.25, -0.2) is 9.48 Å². The van der Waals surface area contributed by atoms with Crippen LogP contribution in [0.25, 0.3) is 0 Å². The van der Waals surface area contributed by atoms with E-state index in [2.05, 4.69) is 34.6 Å². The minimum Gasteiger partial charge on any atom is -0.476 e. The van der Waals surface area contributed by atoms with Gasteiger partial charge in [-0.3, -0.25) is 0 Å². The van der Waals surface area contributed by atoms with Crippen molar-refractivity contribution < 1.29 is 9.90 Å². The number of nitrogens with zero attached hydrogens (tertiary/aromatic N) is 3. The summed E-state index contributed by atoms with van der Waals surface area (Å²) in [6, 6.07) is 8.28. The van der Waals surface area contributed by atoms with Gasteiger partial charge in [0.2, 0.25) is 0 Å². The maximum atomic E-state index is 11.2. The smallest absolute Gasteiger partial charge is 0.358 e. The maximum absolute atomic E-state index is 11.2. The highest BCUT2D eigenvalue weighted by atomic mass is 16.4. The van der Waals surface area contributed by atoms with Crippen LogP contribution in [0.4, 0.5) is 0 Å². The molecule has 1 aromatic carbocycles. The average molecular weight is 273 g/mol. The number of hydrogen-bond donors (Lipinski definition) is 1. The lowest BCUT2D eigenvalue weighted by atomic mass is 10.1. The molecule has 5 nitrogen and oxygen atoms in total. The van der Waals surface area contributed by atoms with Gasteiger partial charge < -0.3 is 5.11 Å². The van der Waals surface area contributed by atoms with E-state index in [4.69, 9.17) is 5.11 Å². The monoisotopic (exact) mass is 273 g/mol. The van der Waals surface area contributed by atoms with Crippen LogP contribution in [0, 0.1) is 6.92 Å². The molecule has 106 valence electrons. The zero-order valence-electron chi connectivity index (χ0n) is 11.8. The van der Waals surface area contributed by atoms with Gasteiger partial charge in [-0.15, -0.1) is 5.10 Å². The molecule has 0 atom stereocenters. The highest BCUT2D eigenvalue weighted by Gasteiger charge is 2.18. The molecule has 0 spiro atoms. The van der Waals surface area contributed by atoms with Crippen molar-refractivity contribution in [1.82, 2.24) is 15.0 Å². The standard InChI is InChI=1S/C15H19N3O2/c1-3-10-18-13(14(15(19)20)16-17-18)9-8-12-6-4-11(2)5-7-12/h4-7H,3,8-10H2,1-2H3,(H,19,20). The Balaban J connectivity index is 2.16. The SMILES string of the molecule is CCCn1nnc(C(=O)O)c1CCc1ccc(C)cc1. The predicted molar refractivity (Wildman–Crippen MR) is 75.9 cm³/mol. The molecule has 0 aliphatic rings. The molecule has 0 aliphatic heterocycles. The van der Waals surface area contributed by atoms with Crippen molar-refractivity contribution in [3.8, 4) is 0 Å². The molecule has 0 bridgehead atoms. The van der Waals surface area contributed by atoms with E-state index in [9.17, 15) is 4.79 Å². The van der Waals surface area contributed by atoms with Gasteiger partial charge in [0.05, 0.1) is 5.69 Å². The first-order valence-electron chi connectivity index (χ1n) is 6.83. The van der Waals surface area contributed by atoms with Crippen LogP contribution in [0.5, 0.6) is 0 Å². The van der Waals surface area contributed by atoms with Crippen LogP contribution in [-0.4, -0.2) is 26.1 Å². The molecular formula is C15H19N3O2. The topological polar surface area (TPSA) is 68.0 Å². The summed E-state index contributed by atoms with van der Waals surface area (Å²) < 4.78 is 1.71.